The van der Waals surface area contributed by atoms with E-state index in [-0.39, 0.29) is 11.9 Å². The predicted molar refractivity (Wildman–Crippen MR) is 74.2 cm³/mol. The molecular weight excluding hydrogens is 244 g/mol. The zero-order valence-electron chi connectivity index (χ0n) is 12.1. The second kappa shape index (κ2) is 7.79. The Hall–Kier alpha value is -1.55. The fraction of sp³-hybridized carbons (Fsp3) is 0.533. The summed E-state index contributed by atoms with van der Waals surface area (Å²) in [5.74, 6) is 1.16. The molecule has 1 atom stereocenters. The maximum Gasteiger partial charge on any atom is 0.191 e. The molecular formula is C15H22O4. The molecule has 0 amide bonds. The van der Waals surface area contributed by atoms with Crippen molar-refractivity contribution in [2.45, 2.75) is 32.8 Å². The Kier molecular flexibility index (Phi) is 6.36. The fourth-order valence-corrected chi connectivity index (χ4v) is 1.93. The lowest BCUT2D eigenvalue weighted by molar-refractivity contribution is 0.0423. The lowest BCUT2D eigenvalue weighted by Crippen LogP contribution is -2.24. The van der Waals surface area contributed by atoms with Crippen LogP contribution in [0, 0.1) is 0 Å². The third kappa shape index (κ3) is 3.96. The first-order chi connectivity index (χ1) is 9.17. The second-order valence-corrected chi connectivity index (χ2v) is 4.17. The predicted octanol–water partition coefficient (Wildman–Crippen LogP) is 3.09. The molecule has 1 aromatic carbocycles. The molecule has 0 bridgehead atoms. The molecule has 0 radical (unpaired) electrons. The molecule has 4 heteroatoms. The third-order valence-electron chi connectivity index (χ3n) is 2.88. The summed E-state index contributed by atoms with van der Waals surface area (Å²) < 4.78 is 15.9. The van der Waals surface area contributed by atoms with Gasteiger partial charge in [-0.3, -0.25) is 4.79 Å². The lowest BCUT2D eigenvalue weighted by Gasteiger charge is -2.16. The molecule has 0 saturated carbocycles. The molecule has 0 aliphatic rings. The summed E-state index contributed by atoms with van der Waals surface area (Å²) in [7, 11) is 3.12. The van der Waals surface area contributed by atoms with Gasteiger partial charge in [-0.05, 0) is 31.5 Å². The normalized spacial score (nSPS) is 12.0. The van der Waals surface area contributed by atoms with Gasteiger partial charge < -0.3 is 14.2 Å². The van der Waals surface area contributed by atoms with Gasteiger partial charge in [-0.15, -0.1) is 0 Å². The summed E-state index contributed by atoms with van der Waals surface area (Å²) in [4.78, 5) is 12.4. The van der Waals surface area contributed by atoms with E-state index in [9.17, 15) is 4.79 Å². The summed E-state index contributed by atoms with van der Waals surface area (Å²) in [5, 5.41) is 0. The summed E-state index contributed by atoms with van der Waals surface area (Å²) in [6.45, 7) is 4.46. The topological polar surface area (TPSA) is 44.8 Å². The zero-order valence-corrected chi connectivity index (χ0v) is 12.1. The van der Waals surface area contributed by atoms with Gasteiger partial charge in [0.05, 0.1) is 14.2 Å². The van der Waals surface area contributed by atoms with E-state index in [1.807, 2.05) is 13.8 Å². The Bertz CT molecular complexity index is 409. The molecule has 0 aliphatic heterocycles. The van der Waals surface area contributed by atoms with Crippen molar-refractivity contribution in [2.24, 2.45) is 0 Å². The Morgan fingerprint density at radius 2 is 1.84 bits per heavy atom. The smallest absolute Gasteiger partial charge is 0.191 e. The Morgan fingerprint density at radius 1 is 1.16 bits per heavy atom. The van der Waals surface area contributed by atoms with Gasteiger partial charge in [0.25, 0.3) is 0 Å². The number of ketones is 1. The zero-order chi connectivity index (χ0) is 14.3. The van der Waals surface area contributed by atoms with Crippen LogP contribution in [0.5, 0.6) is 11.5 Å². The number of carbonyl (C=O) groups excluding carboxylic acids is 1. The second-order valence-electron chi connectivity index (χ2n) is 4.17. The first-order valence-corrected chi connectivity index (χ1v) is 6.55. The number of Topliss-reactive ketones (excluding diaryl/α,β-unsaturated/α-hetero) is 1. The maximum atomic E-state index is 12.4. The summed E-state index contributed by atoms with van der Waals surface area (Å²) in [5.41, 5.74) is 0.588. The van der Waals surface area contributed by atoms with Gasteiger partial charge in [0, 0.05) is 12.2 Å². The monoisotopic (exact) mass is 266 g/mol. The number of hydrogen-bond donors (Lipinski definition) is 0. The lowest BCUT2D eigenvalue weighted by atomic mass is 10.0. The van der Waals surface area contributed by atoms with Gasteiger partial charge in [-0.2, -0.15) is 0 Å². The van der Waals surface area contributed by atoms with Crippen molar-refractivity contribution in [1.29, 1.82) is 0 Å². The molecule has 0 fully saturated rings. The minimum absolute atomic E-state index is 0.00958. The number of hydrogen-bond acceptors (Lipinski definition) is 4. The number of carbonyl (C=O) groups is 1. The number of ether oxygens (including phenoxy) is 3. The van der Waals surface area contributed by atoms with Gasteiger partial charge in [-0.1, -0.05) is 13.3 Å². The molecule has 0 aromatic heterocycles. The van der Waals surface area contributed by atoms with Crippen molar-refractivity contribution in [3.63, 3.8) is 0 Å². The van der Waals surface area contributed by atoms with E-state index >= 15 is 0 Å². The molecule has 19 heavy (non-hydrogen) atoms. The SMILES string of the molecule is CCCC(OCC)C(=O)c1ccc(OC)c(OC)c1. The largest absolute Gasteiger partial charge is 0.493 e. The van der Waals surface area contributed by atoms with Crippen LogP contribution >= 0.6 is 0 Å². The standard InChI is InChI=1S/C15H22O4/c1-5-7-13(19-6-2)15(16)11-8-9-12(17-3)14(10-11)18-4/h8-10,13H,5-7H2,1-4H3. The van der Waals surface area contributed by atoms with Gasteiger partial charge in [0.1, 0.15) is 6.10 Å². The first kappa shape index (κ1) is 15.5. The molecule has 0 aliphatic carbocycles. The van der Waals surface area contributed by atoms with E-state index in [1.165, 1.54) is 0 Å². The van der Waals surface area contributed by atoms with Crippen molar-refractivity contribution < 1.29 is 19.0 Å². The van der Waals surface area contributed by atoms with Gasteiger partial charge in [-0.25, -0.2) is 0 Å². The van der Waals surface area contributed by atoms with Crippen LogP contribution in [0.25, 0.3) is 0 Å². The van der Waals surface area contributed by atoms with Crippen LogP contribution in [0.3, 0.4) is 0 Å². The molecule has 0 spiro atoms. The number of methoxy groups -OCH3 is 2. The maximum absolute atomic E-state index is 12.4. The summed E-state index contributed by atoms with van der Waals surface area (Å²) >= 11 is 0. The Balaban J connectivity index is 2.97. The molecule has 0 heterocycles. The molecule has 106 valence electrons. The molecule has 0 saturated heterocycles. The molecule has 4 nitrogen and oxygen atoms in total. The quantitative estimate of drug-likeness (QED) is 0.678. The summed E-state index contributed by atoms with van der Waals surface area (Å²) in [6.07, 6.45) is 1.25. The minimum Gasteiger partial charge on any atom is -0.493 e. The summed E-state index contributed by atoms with van der Waals surface area (Å²) in [6, 6.07) is 5.18. The van der Waals surface area contributed by atoms with E-state index < -0.39 is 0 Å². The minimum atomic E-state index is -0.381. The van der Waals surface area contributed by atoms with Crippen molar-refractivity contribution in [3.05, 3.63) is 23.8 Å². The van der Waals surface area contributed by atoms with Crippen LogP contribution < -0.4 is 9.47 Å². The van der Waals surface area contributed by atoms with Gasteiger partial charge >= 0.3 is 0 Å². The van der Waals surface area contributed by atoms with E-state index in [0.717, 1.165) is 12.8 Å². The van der Waals surface area contributed by atoms with Crippen molar-refractivity contribution in [2.75, 3.05) is 20.8 Å². The van der Waals surface area contributed by atoms with Gasteiger partial charge in [0.15, 0.2) is 17.3 Å². The highest BCUT2D eigenvalue weighted by Crippen LogP contribution is 2.28. The highest BCUT2D eigenvalue weighted by molar-refractivity contribution is 6.00. The average Bonchev–Trinajstić information content (AvgIpc) is 2.45. The Labute approximate surface area is 114 Å². The van der Waals surface area contributed by atoms with Crippen LogP contribution in [0.4, 0.5) is 0 Å². The molecule has 0 N–H and O–H groups in total. The average molecular weight is 266 g/mol. The van der Waals surface area contributed by atoms with Crippen LogP contribution in [0.2, 0.25) is 0 Å². The van der Waals surface area contributed by atoms with E-state index in [2.05, 4.69) is 0 Å². The first-order valence-electron chi connectivity index (χ1n) is 6.55. The van der Waals surface area contributed by atoms with Crippen molar-refractivity contribution in [1.82, 2.24) is 0 Å². The Morgan fingerprint density at radius 3 is 2.37 bits per heavy atom. The molecule has 1 unspecified atom stereocenters. The number of rotatable bonds is 8. The van der Waals surface area contributed by atoms with Crippen LogP contribution in [0.15, 0.2) is 18.2 Å². The van der Waals surface area contributed by atoms with Crippen LogP contribution in [-0.2, 0) is 4.74 Å². The van der Waals surface area contributed by atoms with Crippen molar-refractivity contribution >= 4 is 5.78 Å². The van der Waals surface area contributed by atoms with Crippen molar-refractivity contribution in [3.8, 4) is 11.5 Å². The van der Waals surface area contributed by atoms with E-state index in [1.54, 1.807) is 32.4 Å². The van der Waals surface area contributed by atoms with E-state index in [0.29, 0.717) is 23.7 Å². The van der Waals surface area contributed by atoms with Crippen LogP contribution in [-0.4, -0.2) is 32.7 Å². The molecule has 1 aromatic rings. The fourth-order valence-electron chi connectivity index (χ4n) is 1.93. The van der Waals surface area contributed by atoms with Gasteiger partial charge in [0.2, 0.25) is 0 Å². The molecule has 1 rings (SSSR count). The number of benzene rings is 1. The van der Waals surface area contributed by atoms with E-state index in [4.69, 9.17) is 14.2 Å². The third-order valence-corrected chi connectivity index (χ3v) is 2.88. The highest BCUT2D eigenvalue weighted by Gasteiger charge is 2.20. The van der Waals surface area contributed by atoms with Crippen LogP contribution in [0.1, 0.15) is 37.0 Å². The highest BCUT2D eigenvalue weighted by atomic mass is 16.5.